The molecule has 1 rings (SSSR count). The van der Waals surface area contributed by atoms with Crippen LogP contribution in [-0.2, 0) is 19.2 Å². The first-order valence-electron chi connectivity index (χ1n) is 6.07. The molecular weight excluding hydrogens is 272 g/mol. The van der Waals surface area contributed by atoms with Crippen molar-refractivity contribution in [3.63, 3.8) is 0 Å². The zero-order valence-electron chi connectivity index (χ0n) is 11.0. The van der Waals surface area contributed by atoms with Crippen LogP contribution >= 0.6 is 0 Å². The minimum Gasteiger partial charge on any atom is -0.481 e. The summed E-state index contributed by atoms with van der Waals surface area (Å²) in [4.78, 5) is 45.7. The second-order valence-corrected chi connectivity index (χ2v) is 4.89. The molecule has 4 atom stereocenters. The van der Waals surface area contributed by atoms with Crippen molar-refractivity contribution in [2.24, 2.45) is 22.7 Å². The van der Waals surface area contributed by atoms with Crippen molar-refractivity contribution in [2.45, 2.75) is 26.7 Å². The van der Waals surface area contributed by atoms with E-state index in [2.05, 4.69) is 0 Å². The third-order valence-electron chi connectivity index (χ3n) is 4.60. The second kappa shape index (κ2) is 4.77. The number of carboxylic acid groups (broad SMARTS) is 4. The Balaban J connectivity index is 3.66. The van der Waals surface area contributed by atoms with Crippen LogP contribution in [0.4, 0.5) is 0 Å². The summed E-state index contributed by atoms with van der Waals surface area (Å²) in [5.41, 5.74) is -4.25. The molecule has 8 heteroatoms. The van der Waals surface area contributed by atoms with Crippen LogP contribution in [0.15, 0.2) is 0 Å². The molecule has 0 aromatic heterocycles. The normalized spacial score (nSPS) is 35.9. The van der Waals surface area contributed by atoms with Gasteiger partial charge in [-0.25, -0.2) is 0 Å². The fourth-order valence-corrected chi connectivity index (χ4v) is 3.76. The molecule has 4 unspecified atom stereocenters. The van der Waals surface area contributed by atoms with E-state index in [4.69, 9.17) is 10.2 Å². The van der Waals surface area contributed by atoms with Crippen molar-refractivity contribution in [1.82, 2.24) is 0 Å². The summed E-state index contributed by atoms with van der Waals surface area (Å²) in [6.45, 7) is 2.71. The third-order valence-corrected chi connectivity index (χ3v) is 4.60. The minimum atomic E-state index is -2.12. The molecule has 0 aromatic rings. The Labute approximate surface area is 114 Å². The van der Waals surface area contributed by atoms with Crippen molar-refractivity contribution in [3.05, 3.63) is 0 Å². The zero-order chi connectivity index (χ0) is 15.9. The maximum absolute atomic E-state index is 11.6. The maximum atomic E-state index is 11.6. The lowest BCUT2D eigenvalue weighted by Crippen LogP contribution is -2.75. The predicted octanol–water partition coefficient (Wildman–Crippen LogP) is 0.364. The number of hydrogen-bond acceptors (Lipinski definition) is 4. The van der Waals surface area contributed by atoms with Crippen molar-refractivity contribution >= 4 is 23.9 Å². The molecule has 1 aliphatic rings. The maximum Gasteiger partial charge on any atom is 0.311 e. The van der Waals surface area contributed by atoms with Gasteiger partial charge in [-0.3, -0.25) is 19.2 Å². The van der Waals surface area contributed by atoms with Crippen LogP contribution in [0.2, 0.25) is 0 Å². The number of aliphatic carboxylic acids is 4. The van der Waals surface area contributed by atoms with Crippen molar-refractivity contribution in [3.8, 4) is 0 Å². The number of carboxylic acids is 4. The summed E-state index contributed by atoms with van der Waals surface area (Å²) in [5.74, 6) is -9.92. The molecule has 4 N–H and O–H groups in total. The Morgan fingerprint density at radius 2 is 1.00 bits per heavy atom. The first-order valence-corrected chi connectivity index (χ1v) is 6.07. The number of carbonyl (C=O) groups is 4. The molecule has 112 valence electrons. The summed E-state index contributed by atoms with van der Waals surface area (Å²) in [6.07, 6.45) is -0.549. The summed E-state index contributed by atoms with van der Waals surface area (Å²) < 4.78 is 0. The summed E-state index contributed by atoms with van der Waals surface area (Å²) in [6, 6.07) is 0. The van der Waals surface area contributed by atoms with Gasteiger partial charge in [-0.1, -0.05) is 13.8 Å². The predicted molar refractivity (Wildman–Crippen MR) is 63.0 cm³/mol. The topological polar surface area (TPSA) is 149 Å². The van der Waals surface area contributed by atoms with Gasteiger partial charge >= 0.3 is 23.9 Å². The molecule has 20 heavy (non-hydrogen) atoms. The van der Waals surface area contributed by atoms with E-state index < -0.39 is 46.5 Å². The summed E-state index contributed by atoms with van der Waals surface area (Å²) in [5, 5.41) is 37.1. The summed E-state index contributed by atoms with van der Waals surface area (Å²) >= 11 is 0. The Hall–Kier alpha value is -2.12. The molecule has 0 amide bonds. The van der Waals surface area contributed by atoms with Crippen molar-refractivity contribution in [2.75, 3.05) is 0 Å². The highest BCUT2D eigenvalue weighted by Crippen LogP contribution is 2.68. The third kappa shape index (κ3) is 1.47. The van der Waals surface area contributed by atoms with Crippen LogP contribution in [0, 0.1) is 22.7 Å². The monoisotopic (exact) mass is 288 g/mol. The van der Waals surface area contributed by atoms with Gasteiger partial charge in [0.25, 0.3) is 0 Å². The van der Waals surface area contributed by atoms with E-state index in [0.29, 0.717) is 0 Å². The van der Waals surface area contributed by atoms with Gasteiger partial charge in [0.05, 0.1) is 22.7 Å². The van der Waals surface area contributed by atoms with Gasteiger partial charge in [0, 0.05) is 0 Å². The Bertz CT molecular complexity index is 440. The Kier molecular flexibility index (Phi) is 3.80. The second-order valence-electron chi connectivity index (χ2n) is 4.89. The van der Waals surface area contributed by atoms with Crippen LogP contribution in [-0.4, -0.2) is 44.3 Å². The molecular formula is C12H16O8. The van der Waals surface area contributed by atoms with E-state index in [1.165, 1.54) is 13.8 Å². The van der Waals surface area contributed by atoms with E-state index in [1.54, 1.807) is 0 Å². The smallest absolute Gasteiger partial charge is 0.311 e. The van der Waals surface area contributed by atoms with Crippen LogP contribution in [0.25, 0.3) is 0 Å². The minimum absolute atomic E-state index is 0.275. The lowest BCUT2D eigenvalue weighted by Gasteiger charge is -2.61. The summed E-state index contributed by atoms with van der Waals surface area (Å²) in [7, 11) is 0. The van der Waals surface area contributed by atoms with Gasteiger partial charge in [-0.2, -0.15) is 0 Å². The Morgan fingerprint density at radius 3 is 1.10 bits per heavy atom. The molecule has 0 heterocycles. The molecule has 0 bridgehead atoms. The standard InChI is InChI=1S/C12H16O8/c1-3-11(9(17)18)5(7(13)14)6(8(15)16)12(11,4-2)10(19)20/h5-6H,3-4H2,1-2H3,(H,13,14)(H,15,16)(H,17,18)(H,19,20). The molecule has 0 spiro atoms. The van der Waals surface area contributed by atoms with Crippen LogP contribution in [0.3, 0.4) is 0 Å². The van der Waals surface area contributed by atoms with Gasteiger partial charge in [-0.15, -0.1) is 0 Å². The van der Waals surface area contributed by atoms with Crippen molar-refractivity contribution in [1.29, 1.82) is 0 Å². The molecule has 8 nitrogen and oxygen atoms in total. The van der Waals surface area contributed by atoms with Crippen LogP contribution in [0.1, 0.15) is 26.7 Å². The molecule has 0 saturated heterocycles. The lowest BCUT2D eigenvalue weighted by molar-refractivity contribution is -0.242. The van der Waals surface area contributed by atoms with Crippen molar-refractivity contribution < 1.29 is 39.6 Å². The van der Waals surface area contributed by atoms with Crippen LogP contribution < -0.4 is 0 Å². The number of rotatable bonds is 6. The van der Waals surface area contributed by atoms with E-state index in [9.17, 15) is 29.4 Å². The molecule has 0 aliphatic heterocycles. The number of hydrogen-bond donors (Lipinski definition) is 4. The fourth-order valence-electron chi connectivity index (χ4n) is 3.76. The Morgan fingerprint density at radius 1 is 0.750 bits per heavy atom. The van der Waals surface area contributed by atoms with Gasteiger partial charge in [-0.05, 0) is 12.8 Å². The highest BCUT2D eigenvalue weighted by atomic mass is 16.4. The largest absolute Gasteiger partial charge is 0.481 e. The highest BCUT2D eigenvalue weighted by molar-refractivity contribution is 6.01. The first kappa shape index (κ1) is 15.9. The average Bonchev–Trinajstić information content (AvgIpc) is 2.27. The molecule has 0 radical (unpaired) electrons. The van der Waals surface area contributed by atoms with Gasteiger partial charge < -0.3 is 20.4 Å². The quantitative estimate of drug-likeness (QED) is 0.547. The van der Waals surface area contributed by atoms with Gasteiger partial charge in [0.1, 0.15) is 0 Å². The van der Waals surface area contributed by atoms with E-state index in [-0.39, 0.29) is 12.8 Å². The van der Waals surface area contributed by atoms with Gasteiger partial charge in [0.15, 0.2) is 0 Å². The zero-order valence-corrected chi connectivity index (χ0v) is 11.0. The first-order chi connectivity index (χ1) is 9.14. The average molecular weight is 288 g/mol. The van der Waals surface area contributed by atoms with E-state index in [1.807, 2.05) is 0 Å². The van der Waals surface area contributed by atoms with Crippen LogP contribution in [0.5, 0.6) is 0 Å². The molecule has 0 aromatic carbocycles. The lowest BCUT2D eigenvalue weighted by atomic mass is 9.36. The molecule has 1 saturated carbocycles. The van der Waals surface area contributed by atoms with Gasteiger partial charge in [0.2, 0.25) is 0 Å². The fraction of sp³-hybridized carbons (Fsp3) is 0.667. The molecule has 1 aliphatic carbocycles. The SMILES string of the molecule is CCC1(C(=O)O)C(C(=O)O)C(C(=O)O)C1(CC)C(=O)O. The highest BCUT2D eigenvalue weighted by Gasteiger charge is 2.82. The molecule has 1 fully saturated rings. The van der Waals surface area contributed by atoms with E-state index in [0.717, 1.165) is 0 Å². The van der Waals surface area contributed by atoms with E-state index >= 15 is 0 Å².